The standard InChI is InChI=1S/C8H11N3O2S/c1-5-9-10-8(14-5)11-3-6(4-12)2-7(11)13/h6,12H,2-4H2,1H3. The van der Waals surface area contributed by atoms with Gasteiger partial charge in [-0.05, 0) is 6.92 Å². The van der Waals surface area contributed by atoms with Crippen LogP contribution in [0.15, 0.2) is 0 Å². The van der Waals surface area contributed by atoms with Gasteiger partial charge >= 0.3 is 0 Å². The summed E-state index contributed by atoms with van der Waals surface area (Å²) in [5.41, 5.74) is 0. The van der Waals surface area contributed by atoms with Gasteiger partial charge in [0.15, 0.2) is 0 Å². The number of hydrogen-bond acceptors (Lipinski definition) is 5. The van der Waals surface area contributed by atoms with Gasteiger partial charge < -0.3 is 5.11 Å². The number of aliphatic hydroxyl groups is 1. The molecule has 0 spiro atoms. The normalized spacial score (nSPS) is 22.0. The molecule has 1 aromatic rings. The van der Waals surface area contributed by atoms with Gasteiger partial charge in [-0.15, -0.1) is 10.2 Å². The zero-order chi connectivity index (χ0) is 10.1. The van der Waals surface area contributed by atoms with Gasteiger partial charge in [0.2, 0.25) is 11.0 Å². The van der Waals surface area contributed by atoms with Crippen LogP contribution in [0, 0.1) is 12.8 Å². The molecular formula is C8H11N3O2S. The van der Waals surface area contributed by atoms with Gasteiger partial charge in [-0.2, -0.15) is 0 Å². The fourth-order valence-corrected chi connectivity index (χ4v) is 2.20. The lowest BCUT2D eigenvalue weighted by Crippen LogP contribution is -2.24. The van der Waals surface area contributed by atoms with Crippen LogP contribution >= 0.6 is 11.3 Å². The fourth-order valence-electron chi connectivity index (χ4n) is 1.48. The lowest BCUT2D eigenvalue weighted by molar-refractivity contribution is -0.117. The minimum atomic E-state index is 0.0280. The van der Waals surface area contributed by atoms with Crippen LogP contribution < -0.4 is 4.90 Å². The minimum Gasteiger partial charge on any atom is -0.396 e. The molecule has 1 aromatic heterocycles. The van der Waals surface area contributed by atoms with Crippen molar-refractivity contribution in [3.05, 3.63) is 5.01 Å². The summed E-state index contributed by atoms with van der Waals surface area (Å²) >= 11 is 1.40. The fraction of sp³-hybridized carbons (Fsp3) is 0.625. The number of hydrogen-bond donors (Lipinski definition) is 1. The topological polar surface area (TPSA) is 66.3 Å². The van der Waals surface area contributed by atoms with E-state index in [9.17, 15) is 4.79 Å². The lowest BCUT2D eigenvalue weighted by Gasteiger charge is -2.10. The van der Waals surface area contributed by atoms with E-state index >= 15 is 0 Å². The Morgan fingerprint density at radius 1 is 1.64 bits per heavy atom. The van der Waals surface area contributed by atoms with Crippen molar-refractivity contribution in [2.24, 2.45) is 5.92 Å². The summed E-state index contributed by atoms with van der Waals surface area (Å²) in [6.07, 6.45) is 0.412. The van der Waals surface area contributed by atoms with Crippen molar-refractivity contribution in [2.75, 3.05) is 18.1 Å². The Hall–Kier alpha value is -1.01. The van der Waals surface area contributed by atoms with E-state index in [0.29, 0.717) is 18.1 Å². The van der Waals surface area contributed by atoms with Gasteiger partial charge in [0.25, 0.3) is 0 Å². The Morgan fingerprint density at radius 2 is 2.43 bits per heavy atom. The van der Waals surface area contributed by atoms with Crippen molar-refractivity contribution in [2.45, 2.75) is 13.3 Å². The van der Waals surface area contributed by atoms with Crippen molar-refractivity contribution < 1.29 is 9.90 Å². The molecule has 2 heterocycles. The van der Waals surface area contributed by atoms with E-state index < -0.39 is 0 Å². The number of carbonyl (C=O) groups is 1. The highest BCUT2D eigenvalue weighted by atomic mass is 32.1. The van der Waals surface area contributed by atoms with Crippen LogP contribution in [0.5, 0.6) is 0 Å². The highest BCUT2D eigenvalue weighted by Crippen LogP contribution is 2.26. The highest BCUT2D eigenvalue weighted by Gasteiger charge is 2.31. The first-order valence-electron chi connectivity index (χ1n) is 4.42. The van der Waals surface area contributed by atoms with Crippen molar-refractivity contribution in [3.8, 4) is 0 Å². The number of aromatic nitrogens is 2. The Bertz CT molecular complexity index is 352. The molecule has 1 N–H and O–H groups in total. The Kier molecular flexibility index (Phi) is 2.47. The Morgan fingerprint density at radius 3 is 2.93 bits per heavy atom. The van der Waals surface area contributed by atoms with Gasteiger partial charge in [0.1, 0.15) is 5.01 Å². The van der Waals surface area contributed by atoms with E-state index in [1.54, 1.807) is 4.90 Å². The van der Waals surface area contributed by atoms with Crippen LogP contribution in [0.1, 0.15) is 11.4 Å². The molecule has 1 fully saturated rings. The second kappa shape index (κ2) is 3.62. The van der Waals surface area contributed by atoms with Gasteiger partial charge in [0.05, 0.1) is 0 Å². The molecule has 0 aromatic carbocycles. The summed E-state index contributed by atoms with van der Waals surface area (Å²) in [7, 11) is 0. The van der Waals surface area contributed by atoms with Crippen LogP contribution in [-0.4, -0.2) is 34.4 Å². The van der Waals surface area contributed by atoms with E-state index in [1.165, 1.54) is 11.3 Å². The Balaban J connectivity index is 2.16. The monoisotopic (exact) mass is 213 g/mol. The number of aryl methyl sites for hydroxylation is 1. The van der Waals surface area contributed by atoms with Crippen molar-refractivity contribution in [1.29, 1.82) is 0 Å². The van der Waals surface area contributed by atoms with E-state index in [1.807, 2.05) is 6.92 Å². The first kappa shape index (κ1) is 9.54. The predicted octanol–water partition coefficient (Wildman–Crippen LogP) is 0.192. The molecule has 6 heteroatoms. The number of amides is 1. The molecule has 1 atom stereocenters. The molecule has 76 valence electrons. The zero-order valence-electron chi connectivity index (χ0n) is 7.80. The largest absolute Gasteiger partial charge is 0.396 e. The molecule has 0 saturated carbocycles. The average molecular weight is 213 g/mol. The molecule has 0 bridgehead atoms. The molecule has 1 aliphatic rings. The summed E-state index contributed by atoms with van der Waals surface area (Å²) < 4.78 is 0. The van der Waals surface area contributed by atoms with Crippen LogP contribution in [0.25, 0.3) is 0 Å². The predicted molar refractivity (Wildman–Crippen MR) is 52.2 cm³/mol. The number of nitrogens with zero attached hydrogens (tertiary/aromatic N) is 3. The summed E-state index contributed by atoms with van der Waals surface area (Å²) in [6.45, 7) is 2.47. The molecule has 1 unspecified atom stereocenters. The van der Waals surface area contributed by atoms with E-state index in [4.69, 9.17) is 5.11 Å². The molecule has 2 rings (SSSR count). The molecule has 0 radical (unpaired) electrons. The maximum atomic E-state index is 11.5. The van der Waals surface area contributed by atoms with Gasteiger partial charge in [-0.1, -0.05) is 11.3 Å². The third-order valence-electron chi connectivity index (χ3n) is 2.21. The number of anilines is 1. The first-order chi connectivity index (χ1) is 6.70. The third kappa shape index (κ3) is 1.62. The van der Waals surface area contributed by atoms with Crippen molar-refractivity contribution in [3.63, 3.8) is 0 Å². The molecule has 14 heavy (non-hydrogen) atoms. The zero-order valence-corrected chi connectivity index (χ0v) is 8.62. The van der Waals surface area contributed by atoms with Crippen LogP contribution in [0.4, 0.5) is 5.13 Å². The summed E-state index contributed by atoms with van der Waals surface area (Å²) in [4.78, 5) is 13.1. The van der Waals surface area contributed by atoms with Gasteiger partial charge in [-0.25, -0.2) is 0 Å². The maximum absolute atomic E-state index is 11.5. The second-order valence-electron chi connectivity index (χ2n) is 3.36. The molecular weight excluding hydrogens is 202 g/mol. The van der Waals surface area contributed by atoms with Crippen LogP contribution in [0.3, 0.4) is 0 Å². The summed E-state index contributed by atoms with van der Waals surface area (Å²) in [6, 6.07) is 0. The summed E-state index contributed by atoms with van der Waals surface area (Å²) in [5.74, 6) is 0.0758. The third-order valence-corrected chi connectivity index (χ3v) is 3.07. The number of rotatable bonds is 2. The molecule has 1 aliphatic heterocycles. The number of aliphatic hydroxyl groups excluding tert-OH is 1. The maximum Gasteiger partial charge on any atom is 0.229 e. The smallest absolute Gasteiger partial charge is 0.229 e. The van der Waals surface area contributed by atoms with Crippen molar-refractivity contribution in [1.82, 2.24) is 10.2 Å². The molecule has 0 aliphatic carbocycles. The SMILES string of the molecule is Cc1nnc(N2CC(CO)CC2=O)s1. The van der Waals surface area contributed by atoms with Crippen molar-refractivity contribution >= 4 is 22.4 Å². The van der Waals surface area contributed by atoms with Gasteiger partial charge in [0, 0.05) is 25.5 Å². The van der Waals surface area contributed by atoms with Crippen LogP contribution in [-0.2, 0) is 4.79 Å². The highest BCUT2D eigenvalue weighted by molar-refractivity contribution is 7.15. The van der Waals surface area contributed by atoms with Crippen LogP contribution in [0.2, 0.25) is 0 Å². The Labute approximate surface area is 85.4 Å². The van der Waals surface area contributed by atoms with E-state index in [2.05, 4.69) is 10.2 Å². The molecule has 1 saturated heterocycles. The van der Waals surface area contributed by atoms with E-state index in [-0.39, 0.29) is 18.4 Å². The molecule has 5 nitrogen and oxygen atoms in total. The average Bonchev–Trinajstić information content (AvgIpc) is 2.71. The van der Waals surface area contributed by atoms with Gasteiger partial charge in [-0.3, -0.25) is 9.69 Å². The quantitative estimate of drug-likeness (QED) is 0.761. The minimum absolute atomic E-state index is 0.0280. The lowest BCUT2D eigenvalue weighted by atomic mass is 10.1. The first-order valence-corrected chi connectivity index (χ1v) is 5.23. The molecule has 1 amide bonds. The summed E-state index contributed by atoms with van der Waals surface area (Å²) in [5, 5.41) is 18.2. The number of carbonyl (C=O) groups excluding carboxylic acids is 1. The second-order valence-corrected chi connectivity index (χ2v) is 4.52. The van der Waals surface area contributed by atoms with E-state index in [0.717, 1.165) is 5.01 Å².